The minimum absolute atomic E-state index is 0.0124. The Morgan fingerprint density at radius 2 is 1.97 bits per heavy atom. The van der Waals surface area contributed by atoms with Crippen LogP contribution in [0.2, 0.25) is 0 Å². The molecule has 0 saturated carbocycles. The number of para-hydroxylation sites is 2. The lowest BCUT2D eigenvalue weighted by molar-refractivity contribution is -0.147. The van der Waals surface area contributed by atoms with Gasteiger partial charge in [-0.2, -0.15) is 0 Å². The Labute approximate surface area is 214 Å². The lowest BCUT2D eigenvalue weighted by Crippen LogP contribution is -2.53. The zero-order valence-electron chi connectivity index (χ0n) is 22.3. The fourth-order valence-electron chi connectivity index (χ4n) is 4.46. The van der Waals surface area contributed by atoms with Crippen molar-refractivity contribution in [3.8, 4) is 5.75 Å². The van der Waals surface area contributed by atoms with Gasteiger partial charge in [-0.1, -0.05) is 46.2 Å². The zero-order valence-corrected chi connectivity index (χ0v) is 22.3. The van der Waals surface area contributed by atoms with E-state index in [2.05, 4.69) is 12.2 Å². The van der Waals surface area contributed by atoms with Crippen molar-refractivity contribution < 1.29 is 29.0 Å². The van der Waals surface area contributed by atoms with Crippen LogP contribution in [0.3, 0.4) is 0 Å². The van der Waals surface area contributed by atoms with Gasteiger partial charge in [-0.25, -0.2) is 4.79 Å². The summed E-state index contributed by atoms with van der Waals surface area (Å²) in [5.41, 5.74) is 6.27. The summed E-state index contributed by atoms with van der Waals surface area (Å²) >= 11 is 0. The molecule has 202 valence electrons. The number of anilines is 1. The summed E-state index contributed by atoms with van der Waals surface area (Å²) in [4.78, 5) is 39.9. The van der Waals surface area contributed by atoms with E-state index in [0.717, 1.165) is 12.8 Å². The van der Waals surface area contributed by atoms with Crippen LogP contribution in [0.4, 0.5) is 5.69 Å². The van der Waals surface area contributed by atoms with Crippen LogP contribution in [0.15, 0.2) is 24.3 Å². The molecule has 0 saturated heterocycles. The summed E-state index contributed by atoms with van der Waals surface area (Å²) in [5.74, 6) is -0.707. The predicted molar refractivity (Wildman–Crippen MR) is 139 cm³/mol. The first kappa shape index (κ1) is 29.6. The van der Waals surface area contributed by atoms with Crippen LogP contribution in [-0.2, 0) is 19.1 Å². The number of hydrogen-bond acceptors (Lipinski definition) is 7. The summed E-state index contributed by atoms with van der Waals surface area (Å²) in [7, 11) is 0. The van der Waals surface area contributed by atoms with E-state index in [1.165, 1.54) is 4.90 Å². The molecule has 1 aliphatic heterocycles. The number of nitrogens with zero attached hydrogens (tertiary/aromatic N) is 1. The van der Waals surface area contributed by atoms with Crippen molar-refractivity contribution in [2.45, 2.75) is 84.9 Å². The van der Waals surface area contributed by atoms with Crippen molar-refractivity contribution in [3.63, 3.8) is 0 Å². The number of ether oxygens (including phenoxy) is 2. The summed E-state index contributed by atoms with van der Waals surface area (Å²) in [6.45, 7) is 10.2. The van der Waals surface area contributed by atoms with Gasteiger partial charge in [-0.15, -0.1) is 0 Å². The second-order valence-corrected chi connectivity index (χ2v) is 10.4. The number of amides is 2. The molecule has 1 aromatic carbocycles. The summed E-state index contributed by atoms with van der Waals surface area (Å²) in [6.07, 6.45) is 1.72. The van der Waals surface area contributed by atoms with Gasteiger partial charge >= 0.3 is 5.97 Å². The molecule has 0 radical (unpaired) electrons. The standard InChI is InChI=1S/C27H43N3O6/c1-6-8-13-29-25(33)18(3)14-22(31)19(28)15-27(4,5)16-24(32)30-20-11-9-10-12-23(20)36-17-21(30)26(34)35-7-2/h9-12,18-19,21-22,31H,6-8,13-17,28H2,1-5H3,(H,29,33)/t18-,19+,21-,22+/m1/s1. The summed E-state index contributed by atoms with van der Waals surface area (Å²) < 4.78 is 10.9. The Hall–Kier alpha value is -2.65. The number of carbonyl (C=O) groups excluding carboxylic acids is 3. The van der Waals surface area contributed by atoms with Crippen LogP contribution >= 0.6 is 0 Å². The van der Waals surface area contributed by atoms with E-state index in [9.17, 15) is 19.5 Å². The quantitative estimate of drug-likeness (QED) is 0.277. The van der Waals surface area contributed by atoms with E-state index in [1.807, 2.05) is 19.9 Å². The van der Waals surface area contributed by atoms with Gasteiger partial charge < -0.3 is 25.6 Å². The molecule has 0 spiro atoms. The van der Waals surface area contributed by atoms with Gasteiger partial charge in [0.05, 0.1) is 18.4 Å². The molecule has 36 heavy (non-hydrogen) atoms. The highest BCUT2D eigenvalue weighted by molar-refractivity contribution is 6.01. The number of benzene rings is 1. The van der Waals surface area contributed by atoms with Gasteiger partial charge in [0.1, 0.15) is 12.4 Å². The number of nitrogens with one attached hydrogen (secondary N) is 1. The molecule has 0 fully saturated rings. The van der Waals surface area contributed by atoms with Crippen LogP contribution in [0.1, 0.15) is 66.7 Å². The number of esters is 1. The Morgan fingerprint density at radius 1 is 1.28 bits per heavy atom. The number of carbonyl (C=O) groups is 3. The maximum Gasteiger partial charge on any atom is 0.332 e. The van der Waals surface area contributed by atoms with Crippen molar-refractivity contribution in [2.24, 2.45) is 17.1 Å². The molecular formula is C27H43N3O6. The molecule has 0 unspecified atom stereocenters. The van der Waals surface area contributed by atoms with Crippen molar-refractivity contribution in [1.82, 2.24) is 5.32 Å². The number of fused-ring (bicyclic) bond motifs is 1. The van der Waals surface area contributed by atoms with Gasteiger partial charge in [0, 0.05) is 24.9 Å². The fourth-order valence-corrected chi connectivity index (χ4v) is 4.46. The van der Waals surface area contributed by atoms with Crippen LogP contribution in [0, 0.1) is 11.3 Å². The molecule has 2 amide bonds. The largest absolute Gasteiger partial charge is 0.489 e. The highest BCUT2D eigenvalue weighted by Crippen LogP contribution is 2.37. The molecular weight excluding hydrogens is 462 g/mol. The number of aliphatic hydroxyl groups is 1. The Kier molecular flexibility index (Phi) is 11.2. The third-order valence-electron chi connectivity index (χ3n) is 6.45. The number of aliphatic hydroxyl groups excluding tert-OH is 1. The SMILES string of the molecule is CCCCNC(=O)[C@H](C)C[C@H](O)[C@@H](N)CC(C)(C)CC(=O)N1c2ccccc2OC[C@@H]1C(=O)OCC. The molecule has 0 aromatic heterocycles. The second-order valence-electron chi connectivity index (χ2n) is 10.4. The van der Waals surface area contributed by atoms with Gasteiger partial charge in [0.15, 0.2) is 6.04 Å². The van der Waals surface area contributed by atoms with Crippen LogP contribution in [0.25, 0.3) is 0 Å². The molecule has 4 N–H and O–H groups in total. The van der Waals surface area contributed by atoms with Gasteiger partial charge in [0.25, 0.3) is 0 Å². The van der Waals surface area contributed by atoms with E-state index >= 15 is 0 Å². The van der Waals surface area contributed by atoms with E-state index in [-0.39, 0.29) is 43.8 Å². The zero-order chi connectivity index (χ0) is 26.9. The number of unbranched alkanes of at least 4 members (excludes halogenated alkanes) is 1. The van der Waals surface area contributed by atoms with E-state index in [4.69, 9.17) is 15.2 Å². The van der Waals surface area contributed by atoms with E-state index in [1.54, 1.807) is 32.0 Å². The van der Waals surface area contributed by atoms with Gasteiger partial charge in [0.2, 0.25) is 11.8 Å². The van der Waals surface area contributed by atoms with Crippen molar-refractivity contribution >= 4 is 23.5 Å². The van der Waals surface area contributed by atoms with Crippen LogP contribution in [-0.4, -0.2) is 60.8 Å². The Balaban J connectivity index is 2.05. The van der Waals surface area contributed by atoms with E-state index in [0.29, 0.717) is 24.4 Å². The maximum absolute atomic E-state index is 13.5. The molecule has 1 aliphatic rings. The Bertz CT molecular complexity index is 890. The Morgan fingerprint density at radius 3 is 2.64 bits per heavy atom. The summed E-state index contributed by atoms with van der Waals surface area (Å²) in [6, 6.07) is 5.60. The molecule has 1 heterocycles. The fraction of sp³-hybridized carbons (Fsp3) is 0.667. The lowest BCUT2D eigenvalue weighted by atomic mass is 9.79. The number of nitrogens with two attached hydrogens (primary N) is 1. The minimum atomic E-state index is -0.886. The van der Waals surface area contributed by atoms with Crippen molar-refractivity contribution in [3.05, 3.63) is 24.3 Å². The molecule has 0 bridgehead atoms. The third kappa shape index (κ3) is 8.20. The predicted octanol–water partition coefficient (Wildman–Crippen LogP) is 2.78. The van der Waals surface area contributed by atoms with Crippen molar-refractivity contribution in [1.29, 1.82) is 0 Å². The van der Waals surface area contributed by atoms with E-state index < -0.39 is 29.6 Å². The molecule has 4 atom stereocenters. The normalized spacial score (nSPS) is 17.9. The highest BCUT2D eigenvalue weighted by atomic mass is 16.5. The minimum Gasteiger partial charge on any atom is -0.489 e. The monoisotopic (exact) mass is 505 g/mol. The summed E-state index contributed by atoms with van der Waals surface area (Å²) in [5, 5.41) is 13.6. The average molecular weight is 506 g/mol. The average Bonchev–Trinajstić information content (AvgIpc) is 2.82. The second kappa shape index (κ2) is 13.6. The molecule has 9 nitrogen and oxygen atoms in total. The molecule has 1 aromatic rings. The first-order chi connectivity index (χ1) is 17.0. The topological polar surface area (TPSA) is 131 Å². The molecule has 0 aliphatic carbocycles. The maximum atomic E-state index is 13.5. The van der Waals surface area contributed by atoms with Gasteiger partial charge in [-0.05, 0) is 43.7 Å². The number of hydrogen-bond donors (Lipinski definition) is 3. The van der Waals surface area contributed by atoms with Crippen LogP contribution < -0.4 is 20.7 Å². The molecule has 9 heteroatoms. The van der Waals surface area contributed by atoms with Crippen molar-refractivity contribution in [2.75, 3.05) is 24.7 Å². The van der Waals surface area contributed by atoms with Crippen LogP contribution in [0.5, 0.6) is 5.75 Å². The first-order valence-corrected chi connectivity index (χ1v) is 12.9. The highest BCUT2D eigenvalue weighted by Gasteiger charge is 2.40. The smallest absolute Gasteiger partial charge is 0.332 e. The number of rotatable bonds is 13. The lowest BCUT2D eigenvalue weighted by Gasteiger charge is -2.38. The first-order valence-electron chi connectivity index (χ1n) is 12.9. The third-order valence-corrected chi connectivity index (χ3v) is 6.45. The molecule has 2 rings (SSSR count). The van der Waals surface area contributed by atoms with Gasteiger partial charge in [-0.3, -0.25) is 14.5 Å².